The average Bonchev–Trinajstić information content (AvgIpc) is 3.23. The molecule has 1 heterocycles. The molecule has 28 heavy (non-hydrogen) atoms. The van der Waals surface area contributed by atoms with Gasteiger partial charge in [-0.3, -0.25) is 14.9 Å². The summed E-state index contributed by atoms with van der Waals surface area (Å²) in [6.07, 6.45) is 7.39. The summed E-state index contributed by atoms with van der Waals surface area (Å²) >= 11 is 0. The Labute approximate surface area is 174 Å². The molecule has 0 bridgehead atoms. The normalized spacial score (nSPS) is 15.9. The fourth-order valence-corrected chi connectivity index (χ4v) is 5.73. The van der Waals surface area contributed by atoms with Crippen molar-refractivity contribution in [1.82, 2.24) is 0 Å². The number of aliphatic hydroxyl groups is 1. The second-order valence-electron chi connectivity index (χ2n) is 5.93. The van der Waals surface area contributed by atoms with Crippen molar-refractivity contribution in [3.8, 4) is 0 Å². The summed E-state index contributed by atoms with van der Waals surface area (Å²) in [6.45, 7) is 3.68. The Bertz CT molecular complexity index is 645. The van der Waals surface area contributed by atoms with Gasteiger partial charge in [-0.05, 0) is 37.5 Å². The molecule has 1 aliphatic rings. The van der Waals surface area contributed by atoms with Crippen LogP contribution in [0.2, 0.25) is 0 Å². The molecule has 1 unspecified atom stereocenters. The van der Waals surface area contributed by atoms with Crippen LogP contribution in [0.5, 0.6) is 0 Å². The molecular formula is C20H29NO5S2. The molecule has 1 aliphatic heterocycles. The van der Waals surface area contributed by atoms with Crippen LogP contribution in [0.15, 0.2) is 24.3 Å². The van der Waals surface area contributed by atoms with Gasteiger partial charge >= 0.3 is 5.97 Å². The lowest BCUT2D eigenvalue weighted by Crippen LogP contribution is -2.07. The quantitative estimate of drug-likeness (QED) is 0.176. The number of para-hydroxylation sites is 1. The summed E-state index contributed by atoms with van der Waals surface area (Å²) < 4.78 is 5.22. The molecule has 6 nitrogen and oxygen atoms in total. The highest BCUT2D eigenvalue weighted by molar-refractivity contribution is 8.77. The molecule has 8 heteroatoms. The summed E-state index contributed by atoms with van der Waals surface area (Å²) in [4.78, 5) is 22.8. The van der Waals surface area contributed by atoms with Gasteiger partial charge in [0.05, 0.1) is 22.7 Å². The fourth-order valence-electron chi connectivity index (χ4n) is 2.70. The molecule has 1 aromatic carbocycles. The number of carbonyl (C=O) groups excluding carboxylic acids is 1. The van der Waals surface area contributed by atoms with E-state index in [0.29, 0.717) is 22.8 Å². The Balaban J connectivity index is 0.00000190. The van der Waals surface area contributed by atoms with Gasteiger partial charge in [-0.2, -0.15) is 0 Å². The summed E-state index contributed by atoms with van der Waals surface area (Å²) in [6, 6.07) is 4.84. The number of ether oxygens (including phenoxy) is 1. The number of esters is 1. The van der Waals surface area contributed by atoms with Gasteiger partial charge in [-0.15, -0.1) is 0 Å². The monoisotopic (exact) mass is 427 g/mol. The molecule has 1 N–H and O–H groups in total. The van der Waals surface area contributed by atoms with Gasteiger partial charge in [0, 0.05) is 17.4 Å². The Morgan fingerprint density at radius 2 is 2.18 bits per heavy atom. The smallest absolute Gasteiger partial charge is 0.306 e. The number of rotatable bonds is 10. The molecule has 0 spiro atoms. The number of aliphatic hydroxyl groups excluding tert-OH is 1. The van der Waals surface area contributed by atoms with Crippen molar-refractivity contribution in [3.05, 3.63) is 45.5 Å². The number of nitrogens with zero attached hydrogens (tertiary/aromatic N) is 1. The van der Waals surface area contributed by atoms with Gasteiger partial charge in [-0.25, -0.2) is 0 Å². The van der Waals surface area contributed by atoms with Crippen LogP contribution in [0.1, 0.15) is 57.1 Å². The number of hydrogen-bond acceptors (Lipinski definition) is 7. The van der Waals surface area contributed by atoms with Crippen molar-refractivity contribution < 1.29 is 19.6 Å². The van der Waals surface area contributed by atoms with Crippen molar-refractivity contribution in [2.24, 2.45) is 0 Å². The lowest BCUT2D eigenvalue weighted by atomic mass is 10.1. The lowest BCUT2D eigenvalue weighted by Gasteiger charge is -2.08. The molecule has 1 aromatic rings. The molecule has 0 amide bonds. The van der Waals surface area contributed by atoms with Crippen LogP contribution in [-0.4, -0.2) is 33.6 Å². The second kappa shape index (κ2) is 14.5. The van der Waals surface area contributed by atoms with Crippen LogP contribution in [0.4, 0.5) is 5.69 Å². The number of carbonyl (C=O) groups is 1. The largest absolute Gasteiger partial charge is 0.461 e. The predicted octanol–water partition coefficient (Wildman–Crippen LogP) is 5.38. The minimum atomic E-state index is -0.489. The molecule has 1 fully saturated rings. The molecule has 156 valence electrons. The van der Waals surface area contributed by atoms with Crippen LogP contribution in [0.3, 0.4) is 0 Å². The van der Waals surface area contributed by atoms with E-state index in [1.807, 2.05) is 35.4 Å². The number of hydrogen-bond donors (Lipinski definition) is 1. The van der Waals surface area contributed by atoms with Crippen molar-refractivity contribution in [3.63, 3.8) is 0 Å². The molecule has 0 radical (unpaired) electrons. The molecule has 1 saturated heterocycles. The van der Waals surface area contributed by atoms with Crippen molar-refractivity contribution in [2.75, 3.05) is 12.4 Å². The zero-order valence-corrected chi connectivity index (χ0v) is 18.1. The topological polar surface area (TPSA) is 89.7 Å². The zero-order valence-electron chi connectivity index (χ0n) is 16.5. The minimum absolute atomic E-state index is 0.0965. The van der Waals surface area contributed by atoms with Gasteiger partial charge < -0.3 is 9.84 Å². The van der Waals surface area contributed by atoms with E-state index in [-0.39, 0.29) is 24.9 Å². The second-order valence-corrected chi connectivity index (χ2v) is 8.72. The number of unbranched alkanes of at least 4 members (excludes halogenated alkanes) is 1. The molecule has 0 saturated carbocycles. The van der Waals surface area contributed by atoms with E-state index in [9.17, 15) is 14.9 Å². The SMILES string of the molecule is CC.O=C(CCCCC1CCSS1)OCc1cccc(/C=C/CO)c1[N+](=O)[O-]. The highest BCUT2D eigenvalue weighted by Gasteiger charge is 2.19. The van der Waals surface area contributed by atoms with Crippen LogP contribution in [-0.2, 0) is 16.1 Å². The van der Waals surface area contributed by atoms with E-state index in [1.165, 1.54) is 24.3 Å². The Morgan fingerprint density at radius 3 is 2.82 bits per heavy atom. The zero-order chi connectivity index (χ0) is 20.8. The molecule has 2 rings (SSSR count). The summed E-state index contributed by atoms with van der Waals surface area (Å²) in [5, 5.41) is 20.9. The van der Waals surface area contributed by atoms with E-state index in [2.05, 4.69) is 0 Å². The Hall–Kier alpha value is -1.51. The molecule has 0 aliphatic carbocycles. The average molecular weight is 428 g/mol. The van der Waals surface area contributed by atoms with Crippen LogP contribution >= 0.6 is 21.6 Å². The third-order valence-corrected chi connectivity index (χ3v) is 7.02. The van der Waals surface area contributed by atoms with E-state index < -0.39 is 4.92 Å². The van der Waals surface area contributed by atoms with Gasteiger partial charge in [0.1, 0.15) is 6.61 Å². The van der Waals surface area contributed by atoms with Gasteiger partial charge in [0.25, 0.3) is 5.69 Å². The first-order chi connectivity index (χ1) is 13.6. The van der Waals surface area contributed by atoms with E-state index in [0.717, 1.165) is 19.3 Å². The number of nitro groups is 1. The van der Waals surface area contributed by atoms with Crippen LogP contribution in [0.25, 0.3) is 6.08 Å². The Morgan fingerprint density at radius 1 is 1.39 bits per heavy atom. The van der Waals surface area contributed by atoms with Crippen molar-refractivity contribution in [1.29, 1.82) is 0 Å². The standard InChI is InChI=1S/C18H23NO5S2.C2H6/c20-11-4-7-14-5-3-6-15(18(14)19(22)23)13-24-17(21)9-2-1-8-16-10-12-25-26-16;1-2/h3-7,16,20H,1-2,8-13H2;1-2H3/b7-4+;. The van der Waals surface area contributed by atoms with Gasteiger partial charge in [0.15, 0.2) is 0 Å². The maximum atomic E-state index is 11.9. The maximum absolute atomic E-state index is 11.9. The summed E-state index contributed by atoms with van der Waals surface area (Å²) in [7, 11) is 3.85. The van der Waals surface area contributed by atoms with E-state index in [4.69, 9.17) is 9.84 Å². The highest BCUT2D eigenvalue weighted by Crippen LogP contribution is 2.39. The molecule has 1 atom stereocenters. The summed E-state index contributed by atoms with van der Waals surface area (Å²) in [5.74, 6) is 0.881. The van der Waals surface area contributed by atoms with Crippen molar-refractivity contribution >= 4 is 39.3 Å². The molecular weight excluding hydrogens is 398 g/mol. The maximum Gasteiger partial charge on any atom is 0.306 e. The van der Waals surface area contributed by atoms with Crippen molar-refractivity contribution in [2.45, 2.75) is 57.8 Å². The van der Waals surface area contributed by atoms with E-state index >= 15 is 0 Å². The first-order valence-electron chi connectivity index (χ1n) is 9.59. The van der Waals surface area contributed by atoms with E-state index in [1.54, 1.807) is 18.2 Å². The van der Waals surface area contributed by atoms with Gasteiger partial charge in [-0.1, -0.05) is 54.0 Å². The fraction of sp³-hybridized carbons (Fsp3) is 0.550. The lowest BCUT2D eigenvalue weighted by molar-refractivity contribution is -0.386. The first kappa shape index (κ1) is 24.5. The van der Waals surface area contributed by atoms with Crippen LogP contribution < -0.4 is 0 Å². The summed E-state index contributed by atoms with van der Waals surface area (Å²) in [5.41, 5.74) is 0.633. The minimum Gasteiger partial charge on any atom is -0.461 e. The third kappa shape index (κ3) is 8.67. The van der Waals surface area contributed by atoms with Gasteiger partial charge in [0.2, 0.25) is 0 Å². The predicted molar refractivity (Wildman–Crippen MR) is 117 cm³/mol. The first-order valence-corrected chi connectivity index (χ1v) is 12.0. The Kier molecular flexibility index (Phi) is 12.7. The highest BCUT2D eigenvalue weighted by atomic mass is 33.1. The number of nitro benzene ring substituents is 1. The van der Waals surface area contributed by atoms with Crippen LogP contribution in [0, 0.1) is 10.1 Å². The molecule has 0 aromatic heterocycles. The number of benzene rings is 1. The third-order valence-electron chi connectivity index (χ3n) is 4.01.